The van der Waals surface area contributed by atoms with E-state index < -0.39 is 20.0 Å². The van der Waals surface area contributed by atoms with Gasteiger partial charge < -0.3 is 9.47 Å². The Morgan fingerprint density at radius 3 is 2.03 bits per heavy atom. The molecule has 0 bridgehead atoms. The summed E-state index contributed by atoms with van der Waals surface area (Å²) in [4.78, 5) is -0.0271. The maximum absolute atomic E-state index is 13.0. The van der Waals surface area contributed by atoms with Crippen LogP contribution in [0.3, 0.4) is 0 Å². The monoisotopic (exact) mass is 492 g/mol. The molecule has 1 saturated heterocycles. The minimum Gasteiger partial charge on any atom is -0.486 e. The number of hydrogen-bond acceptors (Lipinski definition) is 6. The van der Waals surface area contributed by atoms with Crippen LogP contribution < -0.4 is 9.47 Å². The Hall–Kier alpha value is -1.56. The van der Waals surface area contributed by atoms with Gasteiger partial charge in [0, 0.05) is 32.2 Å². The van der Waals surface area contributed by atoms with Gasteiger partial charge in [0.25, 0.3) is 0 Å². The SMILES string of the molecule is O=S(=O)(c1ccc2c(c1)OCCO2)N1CCN(S(=O)(=O)c2cccc(Cl)c2Cl)CC1. The van der Waals surface area contributed by atoms with Crippen molar-refractivity contribution in [1.82, 2.24) is 8.61 Å². The van der Waals surface area contributed by atoms with Gasteiger partial charge in [0.15, 0.2) is 11.5 Å². The maximum Gasteiger partial charge on any atom is 0.244 e. The molecule has 2 aromatic carbocycles. The van der Waals surface area contributed by atoms with E-state index in [9.17, 15) is 16.8 Å². The van der Waals surface area contributed by atoms with Crippen LogP contribution in [0, 0.1) is 0 Å². The van der Waals surface area contributed by atoms with Crippen LogP contribution in [-0.2, 0) is 20.0 Å². The van der Waals surface area contributed by atoms with E-state index >= 15 is 0 Å². The van der Waals surface area contributed by atoms with Crippen molar-refractivity contribution >= 4 is 43.2 Å². The van der Waals surface area contributed by atoms with Crippen LogP contribution in [0.25, 0.3) is 0 Å². The van der Waals surface area contributed by atoms with E-state index in [0.29, 0.717) is 24.7 Å². The molecule has 2 aromatic rings. The zero-order valence-corrected chi connectivity index (χ0v) is 18.8. The van der Waals surface area contributed by atoms with E-state index in [1.54, 1.807) is 6.07 Å². The first-order chi connectivity index (χ1) is 14.2. The first-order valence-corrected chi connectivity index (χ1v) is 12.7. The summed E-state index contributed by atoms with van der Waals surface area (Å²) in [6.07, 6.45) is 0. The smallest absolute Gasteiger partial charge is 0.244 e. The van der Waals surface area contributed by atoms with Crippen molar-refractivity contribution in [2.24, 2.45) is 0 Å². The Morgan fingerprint density at radius 2 is 1.37 bits per heavy atom. The molecule has 0 radical (unpaired) electrons. The fourth-order valence-corrected chi connectivity index (χ4v) is 6.90. The Labute approximate surface area is 185 Å². The molecule has 0 aliphatic carbocycles. The largest absolute Gasteiger partial charge is 0.486 e. The summed E-state index contributed by atoms with van der Waals surface area (Å²) in [7, 11) is -7.72. The van der Waals surface area contributed by atoms with E-state index in [1.807, 2.05) is 0 Å². The summed E-state index contributed by atoms with van der Waals surface area (Å²) >= 11 is 12.0. The van der Waals surface area contributed by atoms with Crippen molar-refractivity contribution in [2.75, 3.05) is 39.4 Å². The molecule has 2 aliphatic heterocycles. The number of rotatable bonds is 4. The summed E-state index contributed by atoms with van der Waals surface area (Å²) in [6, 6.07) is 8.83. The van der Waals surface area contributed by atoms with E-state index in [2.05, 4.69) is 0 Å². The number of nitrogens with zero attached hydrogens (tertiary/aromatic N) is 2. The minimum absolute atomic E-state index is 0.00500. The van der Waals surface area contributed by atoms with Gasteiger partial charge >= 0.3 is 0 Å². The van der Waals surface area contributed by atoms with Gasteiger partial charge in [-0.3, -0.25) is 0 Å². The van der Waals surface area contributed by atoms with E-state index in [-0.39, 0.29) is 46.0 Å². The standard InChI is InChI=1S/C18H18Cl2N2O6S2/c19-14-2-1-3-17(18(14)20)30(25,26)22-8-6-21(7-9-22)29(23,24)13-4-5-15-16(12-13)28-11-10-27-15/h1-5,12H,6-11H2. The predicted molar refractivity (Wildman–Crippen MR) is 111 cm³/mol. The van der Waals surface area contributed by atoms with Crippen LogP contribution in [0.1, 0.15) is 0 Å². The fraction of sp³-hybridized carbons (Fsp3) is 0.333. The van der Waals surface area contributed by atoms with E-state index in [4.69, 9.17) is 32.7 Å². The molecule has 2 heterocycles. The topological polar surface area (TPSA) is 93.2 Å². The summed E-state index contributed by atoms with van der Waals surface area (Å²) in [6.45, 7) is 0.761. The zero-order chi connectivity index (χ0) is 21.5. The molecule has 0 saturated carbocycles. The first-order valence-electron chi connectivity index (χ1n) is 9.05. The molecule has 0 N–H and O–H groups in total. The highest BCUT2D eigenvalue weighted by Gasteiger charge is 2.35. The fourth-order valence-electron chi connectivity index (χ4n) is 3.31. The van der Waals surface area contributed by atoms with Gasteiger partial charge in [-0.15, -0.1) is 0 Å². The second-order valence-electron chi connectivity index (χ2n) is 6.67. The van der Waals surface area contributed by atoms with Gasteiger partial charge in [0.2, 0.25) is 20.0 Å². The Balaban J connectivity index is 1.52. The van der Waals surface area contributed by atoms with E-state index in [0.717, 1.165) is 0 Å². The van der Waals surface area contributed by atoms with Crippen LogP contribution in [-0.4, -0.2) is 64.8 Å². The predicted octanol–water partition coefficient (Wildman–Crippen LogP) is 2.46. The van der Waals surface area contributed by atoms with Crippen molar-refractivity contribution in [3.8, 4) is 11.5 Å². The average Bonchev–Trinajstić information content (AvgIpc) is 2.75. The van der Waals surface area contributed by atoms with Crippen LogP contribution in [0.5, 0.6) is 11.5 Å². The third-order valence-corrected chi connectivity index (χ3v) is 9.65. The lowest BCUT2D eigenvalue weighted by atomic mass is 10.3. The number of ether oxygens (including phenoxy) is 2. The first kappa shape index (κ1) is 21.7. The summed E-state index contributed by atoms with van der Waals surface area (Å²) in [5.41, 5.74) is 0. The molecule has 0 unspecified atom stereocenters. The minimum atomic E-state index is -3.90. The molecule has 1 fully saturated rings. The molecule has 0 spiro atoms. The van der Waals surface area contributed by atoms with Crippen LogP contribution >= 0.6 is 23.2 Å². The molecular formula is C18H18Cl2N2O6S2. The molecule has 0 amide bonds. The van der Waals surface area contributed by atoms with Gasteiger partial charge in [-0.05, 0) is 24.3 Å². The highest BCUT2D eigenvalue weighted by atomic mass is 35.5. The van der Waals surface area contributed by atoms with Gasteiger partial charge in [-0.1, -0.05) is 29.3 Å². The van der Waals surface area contributed by atoms with Crippen molar-refractivity contribution in [2.45, 2.75) is 9.79 Å². The Bertz CT molecular complexity index is 1180. The molecule has 2 aliphatic rings. The lowest BCUT2D eigenvalue weighted by Crippen LogP contribution is -2.50. The van der Waals surface area contributed by atoms with Gasteiger partial charge in [-0.25, -0.2) is 16.8 Å². The van der Waals surface area contributed by atoms with Gasteiger partial charge in [0.1, 0.15) is 18.1 Å². The average molecular weight is 493 g/mol. The lowest BCUT2D eigenvalue weighted by molar-refractivity contribution is 0.171. The third kappa shape index (κ3) is 3.88. The van der Waals surface area contributed by atoms with Crippen molar-refractivity contribution in [3.05, 3.63) is 46.4 Å². The van der Waals surface area contributed by atoms with Crippen molar-refractivity contribution in [3.63, 3.8) is 0 Å². The number of piperazine rings is 1. The highest BCUT2D eigenvalue weighted by Crippen LogP contribution is 2.34. The summed E-state index contributed by atoms with van der Waals surface area (Å²) in [5, 5.41) is 0.0862. The molecule has 0 atom stereocenters. The number of hydrogen-bond donors (Lipinski definition) is 0. The Morgan fingerprint density at radius 1 is 0.767 bits per heavy atom. The highest BCUT2D eigenvalue weighted by molar-refractivity contribution is 7.89. The maximum atomic E-state index is 13.0. The second kappa shape index (κ2) is 8.18. The van der Waals surface area contributed by atoms with Crippen LogP contribution in [0.4, 0.5) is 0 Å². The lowest BCUT2D eigenvalue weighted by Gasteiger charge is -2.33. The molecule has 30 heavy (non-hydrogen) atoms. The molecule has 0 aromatic heterocycles. The number of fused-ring (bicyclic) bond motifs is 1. The zero-order valence-electron chi connectivity index (χ0n) is 15.6. The normalized spacial score (nSPS) is 18.3. The molecule has 12 heteroatoms. The number of benzene rings is 2. The quantitative estimate of drug-likeness (QED) is 0.650. The van der Waals surface area contributed by atoms with Gasteiger partial charge in [-0.2, -0.15) is 8.61 Å². The van der Waals surface area contributed by atoms with Crippen molar-refractivity contribution < 1.29 is 26.3 Å². The third-order valence-electron chi connectivity index (χ3n) is 4.88. The molecular weight excluding hydrogens is 475 g/mol. The molecule has 4 rings (SSSR count). The summed E-state index contributed by atoms with van der Waals surface area (Å²) in [5.74, 6) is 0.869. The van der Waals surface area contributed by atoms with Crippen molar-refractivity contribution in [1.29, 1.82) is 0 Å². The Kier molecular flexibility index (Phi) is 5.90. The molecule has 162 valence electrons. The molecule has 8 nitrogen and oxygen atoms in total. The number of halogens is 2. The number of sulfonamides is 2. The second-order valence-corrected chi connectivity index (χ2v) is 11.3. The van der Waals surface area contributed by atoms with Gasteiger partial charge in [0.05, 0.1) is 14.9 Å². The van der Waals surface area contributed by atoms with E-state index in [1.165, 1.54) is 38.9 Å². The summed E-state index contributed by atoms with van der Waals surface area (Å²) < 4.78 is 65.2. The van der Waals surface area contributed by atoms with Crippen LogP contribution in [0.15, 0.2) is 46.2 Å². The van der Waals surface area contributed by atoms with Crippen LogP contribution in [0.2, 0.25) is 10.0 Å².